The number of benzene rings is 1. The zero-order valence-electron chi connectivity index (χ0n) is 14.5. The second-order valence-electron chi connectivity index (χ2n) is 5.72. The molecule has 26 heavy (non-hydrogen) atoms. The molecular weight excluding hydrogens is 350 g/mol. The number of nitrogens with zero attached hydrogens (tertiary/aromatic N) is 3. The quantitative estimate of drug-likeness (QED) is 0.378. The van der Waals surface area contributed by atoms with Crippen LogP contribution in [0.1, 0.15) is 24.5 Å². The predicted molar refractivity (Wildman–Crippen MR) is 99.1 cm³/mol. The molecular formula is C19H17N3O3S. The van der Waals surface area contributed by atoms with Crippen molar-refractivity contribution < 1.29 is 14.3 Å². The van der Waals surface area contributed by atoms with E-state index in [2.05, 4.69) is 11.1 Å². The number of aryl methyl sites for hydroxylation is 1. The maximum Gasteiger partial charge on any atom is 0.313 e. The summed E-state index contributed by atoms with van der Waals surface area (Å²) in [5.74, 6) is -0.563. The minimum Gasteiger partial charge on any atom is -0.466 e. The lowest BCUT2D eigenvalue weighted by atomic mass is 10.2. The standard InChI is InChI=1S/C19H17N3O3S/c1-3-25-18(24)9-13(23)11-26-17-8-12(2)14(10-20)19-21-15-6-4-5-7-16(15)22(17)19/h4-8H,3,9,11H2,1-2H3. The van der Waals surface area contributed by atoms with Gasteiger partial charge < -0.3 is 4.74 Å². The van der Waals surface area contributed by atoms with Crippen LogP contribution in [-0.4, -0.2) is 33.5 Å². The molecule has 0 saturated heterocycles. The highest BCUT2D eigenvalue weighted by Crippen LogP contribution is 2.29. The maximum absolute atomic E-state index is 12.0. The molecule has 3 aromatic rings. The number of fused-ring (bicyclic) bond motifs is 3. The molecule has 0 radical (unpaired) electrons. The van der Waals surface area contributed by atoms with E-state index in [9.17, 15) is 14.9 Å². The second kappa shape index (κ2) is 7.58. The van der Waals surface area contributed by atoms with Crippen molar-refractivity contribution in [3.8, 4) is 6.07 Å². The normalized spacial score (nSPS) is 10.8. The molecule has 0 aliphatic rings. The number of aromatic nitrogens is 2. The Morgan fingerprint density at radius 1 is 1.35 bits per heavy atom. The van der Waals surface area contributed by atoms with Gasteiger partial charge >= 0.3 is 5.97 Å². The number of rotatable bonds is 6. The van der Waals surface area contributed by atoms with Crippen LogP contribution in [0.3, 0.4) is 0 Å². The Hall–Kier alpha value is -2.85. The Morgan fingerprint density at radius 3 is 2.85 bits per heavy atom. The van der Waals surface area contributed by atoms with Crippen molar-refractivity contribution in [2.24, 2.45) is 0 Å². The highest BCUT2D eigenvalue weighted by Gasteiger charge is 2.17. The first-order valence-corrected chi connectivity index (χ1v) is 9.14. The summed E-state index contributed by atoms with van der Waals surface area (Å²) < 4.78 is 6.70. The van der Waals surface area contributed by atoms with Crippen molar-refractivity contribution in [3.63, 3.8) is 0 Å². The van der Waals surface area contributed by atoms with Gasteiger partial charge in [-0.05, 0) is 37.6 Å². The summed E-state index contributed by atoms with van der Waals surface area (Å²) in [5.41, 5.74) is 3.56. The van der Waals surface area contributed by atoms with E-state index in [-0.39, 0.29) is 24.6 Å². The molecule has 1 aromatic carbocycles. The zero-order chi connectivity index (χ0) is 18.7. The van der Waals surface area contributed by atoms with Crippen LogP contribution in [0, 0.1) is 18.3 Å². The largest absolute Gasteiger partial charge is 0.466 e. The summed E-state index contributed by atoms with van der Waals surface area (Å²) in [6.45, 7) is 3.82. The predicted octanol–water partition coefficient (Wildman–Crippen LogP) is 3.28. The topological polar surface area (TPSA) is 84.5 Å². The summed E-state index contributed by atoms with van der Waals surface area (Å²) in [4.78, 5) is 28.1. The smallest absolute Gasteiger partial charge is 0.313 e. The van der Waals surface area contributed by atoms with E-state index in [0.29, 0.717) is 11.2 Å². The van der Waals surface area contributed by atoms with Crippen LogP contribution in [0.15, 0.2) is 35.4 Å². The number of ketones is 1. The van der Waals surface area contributed by atoms with Crippen LogP contribution in [-0.2, 0) is 14.3 Å². The van der Waals surface area contributed by atoms with Gasteiger partial charge in [0.05, 0.1) is 34.0 Å². The van der Waals surface area contributed by atoms with Crippen LogP contribution in [0.5, 0.6) is 0 Å². The third-order valence-electron chi connectivity index (χ3n) is 3.88. The molecule has 0 atom stereocenters. The number of hydrogen-bond donors (Lipinski definition) is 0. The van der Waals surface area contributed by atoms with E-state index in [1.54, 1.807) is 6.92 Å². The van der Waals surface area contributed by atoms with E-state index in [0.717, 1.165) is 21.6 Å². The van der Waals surface area contributed by atoms with Crippen LogP contribution in [0.2, 0.25) is 0 Å². The van der Waals surface area contributed by atoms with E-state index in [1.807, 2.05) is 41.7 Å². The number of para-hydroxylation sites is 2. The second-order valence-corrected chi connectivity index (χ2v) is 6.72. The summed E-state index contributed by atoms with van der Waals surface area (Å²) in [7, 11) is 0. The number of thioether (sulfide) groups is 1. The van der Waals surface area contributed by atoms with Crippen molar-refractivity contribution >= 4 is 40.2 Å². The van der Waals surface area contributed by atoms with Crippen LogP contribution in [0.25, 0.3) is 16.7 Å². The molecule has 0 spiro atoms. The number of ether oxygens (including phenoxy) is 1. The summed E-state index contributed by atoms with van der Waals surface area (Å²) in [5, 5.41) is 10.3. The molecule has 6 nitrogen and oxygen atoms in total. The number of nitriles is 1. The van der Waals surface area contributed by atoms with Gasteiger partial charge in [0.15, 0.2) is 11.4 Å². The van der Waals surface area contributed by atoms with Gasteiger partial charge in [0.2, 0.25) is 0 Å². The SMILES string of the molecule is CCOC(=O)CC(=O)CSc1cc(C)c(C#N)c2nc3ccccc3n12. The van der Waals surface area contributed by atoms with Crippen molar-refractivity contribution in [3.05, 3.63) is 41.5 Å². The lowest BCUT2D eigenvalue weighted by molar-refractivity contribution is -0.145. The molecule has 0 unspecified atom stereocenters. The first-order chi connectivity index (χ1) is 12.5. The molecule has 0 amide bonds. The lowest BCUT2D eigenvalue weighted by Crippen LogP contribution is -2.13. The van der Waals surface area contributed by atoms with Crippen LogP contribution >= 0.6 is 11.8 Å². The molecule has 3 rings (SSSR count). The molecule has 0 saturated carbocycles. The maximum atomic E-state index is 12.0. The van der Waals surface area contributed by atoms with E-state index in [4.69, 9.17) is 4.74 Å². The first-order valence-electron chi connectivity index (χ1n) is 8.16. The fourth-order valence-corrected chi connectivity index (χ4v) is 3.72. The number of esters is 1. The monoisotopic (exact) mass is 367 g/mol. The van der Waals surface area contributed by atoms with Gasteiger partial charge in [0.1, 0.15) is 12.5 Å². The summed E-state index contributed by atoms with van der Waals surface area (Å²) in [6.07, 6.45) is -0.232. The fourth-order valence-electron chi connectivity index (χ4n) is 2.74. The number of carbonyl (C=O) groups excluding carboxylic acids is 2. The van der Waals surface area contributed by atoms with Crippen LogP contribution < -0.4 is 0 Å². The Kier molecular flexibility index (Phi) is 5.24. The third kappa shape index (κ3) is 3.41. The van der Waals surface area contributed by atoms with Crippen molar-refractivity contribution in [1.82, 2.24) is 9.38 Å². The first kappa shape index (κ1) is 18.0. The van der Waals surface area contributed by atoms with Gasteiger partial charge in [0, 0.05) is 0 Å². The number of carbonyl (C=O) groups is 2. The third-order valence-corrected chi connectivity index (χ3v) is 4.94. The Bertz CT molecular complexity index is 1050. The van der Waals surface area contributed by atoms with Crippen molar-refractivity contribution in [2.75, 3.05) is 12.4 Å². The lowest BCUT2D eigenvalue weighted by Gasteiger charge is -2.09. The Balaban J connectivity index is 1.97. The van der Waals surface area contributed by atoms with E-state index >= 15 is 0 Å². The molecule has 0 N–H and O–H groups in total. The number of hydrogen-bond acceptors (Lipinski definition) is 6. The summed E-state index contributed by atoms with van der Waals surface area (Å²) in [6, 6.07) is 11.7. The minimum atomic E-state index is -0.507. The van der Waals surface area contributed by atoms with Crippen molar-refractivity contribution in [1.29, 1.82) is 5.26 Å². The van der Waals surface area contributed by atoms with Crippen LogP contribution in [0.4, 0.5) is 0 Å². The number of Topliss-reactive ketones (excluding diaryl/α,β-unsaturated/α-hetero) is 1. The fraction of sp³-hybridized carbons (Fsp3) is 0.263. The zero-order valence-corrected chi connectivity index (χ0v) is 15.3. The molecule has 2 aromatic heterocycles. The summed E-state index contributed by atoms with van der Waals surface area (Å²) >= 11 is 1.33. The van der Waals surface area contributed by atoms with Gasteiger partial charge in [-0.1, -0.05) is 23.9 Å². The van der Waals surface area contributed by atoms with Gasteiger partial charge in [-0.2, -0.15) is 5.26 Å². The average molecular weight is 367 g/mol. The van der Waals surface area contributed by atoms with Gasteiger partial charge in [-0.25, -0.2) is 4.98 Å². The highest BCUT2D eigenvalue weighted by atomic mass is 32.2. The molecule has 0 fully saturated rings. The molecule has 0 aliphatic heterocycles. The average Bonchev–Trinajstić information content (AvgIpc) is 2.99. The molecule has 2 heterocycles. The highest BCUT2D eigenvalue weighted by molar-refractivity contribution is 7.99. The Morgan fingerprint density at radius 2 is 2.12 bits per heavy atom. The van der Waals surface area contributed by atoms with E-state index in [1.165, 1.54) is 11.8 Å². The molecule has 0 bridgehead atoms. The Labute approximate surface area is 154 Å². The number of imidazole rings is 1. The van der Waals surface area contributed by atoms with Gasteiger partial charge in [-0.15, -0.1) is 0 Å². The van der Waals surface area contributed by atoms with Gasteiger partial charge in [0.25, 0.3) is 0 Å². The molecule has 7 heteroatoms. The molecule has 0 aliphatic carbocycles. The molecule has 132 valence electrons. The van der Waals surface area contributed by atoms with E-state index < -0.39 is 5.97 Å². The van der Waals surface area contributed by atoms with Gasteiger partial charge in [-0.3, -0.25) is 14.0 Å². The van der Waals surface area contributed by atoms with Crippen molar-refractivity contribution in [2.45, 2.75) is 25.3 Å². The number of pyridine rings is 1. The minimum absolute atomic E-state index is 0.145.